The molecule has 8 nitrogen and oxygen atoms in total. The van der Waals surface area contributed by atoms with Crippen LogP contribution < -0.4 is 0 Å². The Morgan fingerprint density at radius 1 is 1.21 bits per heavy atom. The Kier molecular flexibility index (Phi) is 7.36. The van der Waals surface area contributed by atoms with E-state index in [4.69, 9.17) is 19.7 Å². The fourth-order valence-electron chi connectivity index (χ4n) is 5.95. The molecule has 1 atom stereocenters. The van der Waals surface area contributed by atoms with Gasteiger partial charge in [-0.05, 0) is 77.7 Å². The lowest BCUT2D eigenvalue weighted by atomic mass is 9.67. The smallest absolute Gasteiger partial charge is 0.407 e. The zero-order valence-corrected chi connectivity index (χ0v) is 20.9. The molecule has 3 heterocycles. The molecule has 1 aromatic heterocycles. The van der Waals surface area contributed by atoms with Crippen LogP contribution >= 0.6 is 0 Å². The Bertz CT molecular complexity index is 809. The van der Waals surface area contributed by atoms with Gasteiger partial charge in [0.25, 0.3) is 0 Å². The van der Waals surface area contributed by atoms with Crippen molar-refractivity contribution in [1.29, 1.82) is 0 Å². The first-order valence-corrected chi connectivity index (χ1v) is 12.6. The average molecular weight is 463 g/mol. The van der Waals surface area contributed by atoms with Crippen LogP contribution in [0.5, 0.6) is 0 Å². The molecule has 3 fully saturated rings. The Labute approximate surface area is 198 Å². The van der Waals surface area contributed by atoms with Gasteiger partial charge in [0.05, 0.1) is 17.9 Å². The van der Waals surface area contributed by atoms with E-state index in [0.717, 1.165) is 51.9 Å². The number of hydrogen-bond acceptors (Lipinski definition) is 5. The van der Waals surface area contributed by atoms with Crippen molar-refractivity contribution in [2.75, 3.05) is 40.4 Å². The number of hydrogen-bond donors (Lipinski definition) is 1. The van der Waals surface area contributed by atoms with E-state index in [-0.39, 0.29) is 11.8 Å². The molecule has 0 aromatic carbocycles. The molecule has 1 N–H and O–H groups in total. The van der Waals surface area contributed by atoms with Crippen molar-refractivity contribution >= 4 is 6.09 Å². The van der Waals surface area contributed by atoms with Gasteiger partial charge >= 0.3 is 6.09 Å². The van der Waals surface area contributed by atoms with E-state index in [1.165, 1.54) is 35.4 Å². The van der Waals surface area contributed by atoms with Gasteiger partial charge < -0.3 is 24.4 Å². The summed E-state index contributed by atoms with van der Waals surface area (Å²) in [5.74, 6) is 0.467. The zero-order chi connectivity index (χ0) is 23.6. The molecule has 186 valence electrons. The van der Waals surface area contributed by atoms with Gasteiger partial charge in [-0.1, -0.05) is 0 Å². The second-order valence-electron chi connectivity index (χ2n) is 11.3. The molecular weight excluding hydrogens is 420 g/mol. The fourth-order valence-corrected chi connectivity index (χ4v) is 5.95. The summed E-state index contributed by atoms with van der Waals surface area (Å²) < 4.78 is 14.2. The minimum Gasteiger partial charge on any atom is -0.465 e. The largest absolute Gasteiger partial charge is 0.465 e. The fraction of sp³-hybridized carbons (Fsp3) is 0.840. The molecule has 1 saturated carbocycles. The van der Waals surface area contributed by atoms with Crippen molar-refractivity contribution in [2.45, 2.75) is 89.5 Å². The molecule has 1 unspecified atom stereocenters. The molecule has 1 aliphatic carbocycles. The third-order valence-electron chi connectivity index (χ3n) is 7.88. The second-order valence-corrected chi connectivity index (χ2v) is 11.3. The van der Waals surface area contributed by atoms with E-state index < -0.39 is 6.09 Å². The van der Waals surface area contributed by atoms with E-state index in [0.29, 0.717) is 24.4 Å². The SMILES string of the molecule is CN(CCN(C)C(=O)O)Cc1cn(C2CCCCO2)nc1C1CCC2(CC1)COC(C)(C)C2. The first kappa shape index (κ1) is 24.5. The number of nitrogens with zero attached hydrogens (tertiary/aromatic N) is 4. The maximum atomic E-state index is 11.1. The quantitative estimate of drug-likeness (QED) is 0.644. The lowest BCUT2D eigenvalue weighted by molar-refractivity contribution is -0.0398. The Balaban J connectivity index is 1.46. The highest BCUT2D eigenvalue weighted by Crippen LogP contribution is 2.52. The molecule has 1 spiro atoms. The lowest BCUT2D eigenvalue weighted by Crippen LogP contribution is -2.33. The number of carboxylic acid groups (broad SMARTS) is 1. The van der Waals surface area contributed by atoms with Gasteiger partial charge in [-0.25, -0.2) is 9.48 Å². The summed E-state index contributed by atoms with van der Waals surface area (Å²) in [6.45, 7) is 8.08. The summed E-state index contributed by atoms with van der Waals surface area (Å²) in [5, 5.41) is 14.2. The van der Waals surface area contributed by atoms with Gasteiger partial charge in [0.2, 0.25) is 0 Å². The highest BCUT2D eigenvalue weighted by Gasteiger charge is 2.46. The van der Waals surface area contributed by atoms with Crippen LogP contribution in [0.2, 0.25) is 0 Å². The number of carbonyl (C=O) groups is 1. The summed E-state index contributed by atoms with van der Waals surface area (Å²) in [7, 11) is 3.67. The average Bonchev–Trinajstić information content (AvgIpc) is 3.33. The van der Waals surface area contributed by atoms with E-state index in [1.54, 1.807) is 7.05 Å². The van der Waals surface area contributed by atoms with Crippen LogP contribution in [0.3, 0.4) is 0 Å². The van der Waals surface area contributed by atoms with Gasteiger partial charge in [0.15, 0.2) is 0 Å². The van der Waals surface area contributed by atoms with Crippen molar-refractivity contribution in [3.63, 3.8) is 0 Å². The number of rotatable bonds is 7. The monoisotopic (exact) mass is 462 g/mol. The van der Waals surface area contributed by atoms with Gasteiger partial charge in [0.1, 0.15) is 6.23 Å². The van der Waals surface area contributed by atoms with Gasteiger partial charge in [0, 0.05) is 51.0 Å². The molecule has 2 aliphatic heterocycles. The molecule has 3 aliphatic rings. The molecule has 0 radical (unpaired) electrons. The minimum absolute atomic E-state index is 0.00369. The summed E-state index contributed by atoms with van der Waals surface area (Å²) in [4.78, 5) is 14.7. The Hall–Kier alpha value is -1.64. The number of aromatic nitrogens is 2. The normalized spacial score (nSPS) is 29.6. The molecule has 0 bridgehead atoms. The third kappa shape index (κ3) is 5.89. The topological polar surface area (TPSA) is 80.1 Å². The van der Waals surface area contributed by atoms with Crippen molar-refractivity contribution in [3.8, 4) is 0 Å². The van der Waals surface area contributed by atoms with Crippen LogP contribution in [0.4, 0.5) is 4.79 Å². The van der Waals surface area contributed by atoms with E-state index in [9.17, 15) is 4.79 Å². The van der Waals surface area contributed by atoms with Crippen LogP contribution in [0.15, 0.2) is 6.20 Å². The third-order valence-corrected chi connectivity index (χ3v) is 7.88. The first-order valence-electron chi connectivity index (χ1n) is 12.6. The molecule has 1 aromatic rings. The number of likely N-dealkylation sites (N-methyl/N-ethyl adjacent to an activating group) is 2. The van der Waals surface area contributed by atoms with Gasteiger partial charge in [-0.15, -0.1) is 0 Å². The summed E-state index contributed by atoms with van der Waals surface area (Å²) in [6, 6.07) is 0. The van der Waals surface area contributed by atoms with E-state index >= 15 is 0 Å². The Morgan fingerprint density at radius 3 is 2.58 bits per heavy atom. The van der Waals surface area contributed by atoms with Crippen LogP contribution in [-0.4, -0.2) is 76.8 Å². The van der Waals surface area contributed by atoms with Crippen LogP contribution in [-0.2, 0) is 16.0 Å². The van der Waals surface area contributed by atoms with E-state index in [1.807, 2.05) is 0 Å². The molecule has 2 saturated heterocycles. The molecule has 4 rings (SSSR count). The second kappa shape index (κ2) is 9.92. The lowest BCUT2D eigenvalue weighted by Gasteiger charge is -2.36. The Morgan fingerprint density at radius 2 is 1.97 bits per heavy atom. The van der Waals surface area contributed by atoms with Crippen molar-refractivity contribution < 1.29 is 19.4 Å². The highest BCUT2D eigenvalue weighted by atomic mass is 16.5. The minimum atomic E-state index is -0.887. The molecule has 1 amide bonds. The maximum absolute atomic E-state index is 11.1. The first-order chi connectivity index (χ1) is 15.7. The van der Waals surface area contributed by atoms with Crippen LogP contribution in [0, 0.1) is 5.41 Å². The van der Waals surface area contributed by atoms with Crippen LogP contribution in [0.25, 0.3) is 0 Å². The van der Waals surface area contributed by atoms with Crippen LogP contribution in [0.1, 0.15) is 88.6 Å². The summed E-state index contributed by atoms with van der Waals surface area (Å²) >= 11 is 0. The van der Waals surface area contributed by atoms with E-state index in [2.05, 4.69) is 36.7 Å². The van der Waals surface area contributed by atoms with Gasteiger partial charge in [-0.2, -0.15) is 5.10 Å². The zero-order valence-electron chi connectivity index (χ0n) is 20.9. The molecule has 33 heavy (non-hydrogen) atoms. The maximum Gasteiger partial charge on any atom is 0.407 e. The summed E-state index contributed by atoms with van der Waals surface area (Å²) in [6.07, 6.45) is 10.5. The predicted octanol–water partition coefficient (Wildman–Crippen LogP) is 4.47. The van der Waals surface area contributed by atoms with Gasteiger partial charge in [-0.3, -0.25) is 0 Å². The summed E-state index contributed by atoms with van der Waals surface area (Å²) in [5.41, 5.74) is 2.82. The molecular formula is C25H42N4O4. The van der Waals surface area contributed by atoms with Crippen molar-refractivity contribution in [1.82, 2.24) is 19.6 Å². The van der Waals surface area contributed by atoms with Crippen molar-refractivity contribution in [3.05, 3.63) is 17.5 Å². The molecule has 8 heteroatoms. The number of amides is 1. The standard InChI is InChI=1S/C25H42N4O4/c1-24(2)17-25(18-33-24)10-8-19(9-11-25)22-20(15-27(3)12-13-28(4)23(30)31)16-29(26-22)21-7-5-6-14-32-21/h16,19,21H,5-15,17-18H2,1-4H3,(H,30,31). The number of ether oxygens (including phenoxy) is 2. The predicted molar refractivity (Wildman–Crippen MR) is 126 cm³/mol. The highest BCUT2D eigenvalue weighted by molar-refractivity contribution is 5.64. The van der Waals surface area contributed by atoms with Crippen molar-refractivity contribution in [2.24, 2.45) is 5.41 Å².